The summed E-state index contributed by atoms with van der Waals surface area (Å²) in [6.07, 6.45) is -36.4. The van der Waals surface area contributed by atoms with Crippen LogP contribution in [0.15, 0.2) is 0 Å². The molecule has 20 heteroatoms. The molecule has 0 aliphatic rings. The third-order valence-corrected chi connectivity index (χ3v) is 2.98. The lowest BCUT2D eigenvalue weighted by Gasteiger charge is -2.34. The molecule has 2 unspecified atom stereocenters. The molecule has 0 aromatic heterocycles. The Kier molecular flexibility index (Phi) is 8.17. The molecule has 0 aliphatic carbocycles. The first-order chi connectivity index (χ1) is 13.2. The minimum absolute atomic E-state index is 2.30. The van der Waals surface area contributed by atoms with Gasteiger partial charge in [0.15, 0.2) is 0 Å². The summed E-state index contributed by atoms with van der Waals surface area (Å²) in [4.78, 5) is 0. The molecular weight excluding hydrogens is 506 g/mol. The Morgan fingerprint density at radius 1 is 0.452 bits per heavy atom. The van der Waals surface area contributed by atoms with Gasteiger partial charge in [-0.1, -0.05) is 0 Å². The second-order valence-corrected chi connectivity index (χ2v) is 5.49. The molecule has 0 saturated carbocycles. The van der Waals surface area contributed by atoms with Crippen LogP contribution in [0.3, 0.4) is 0 Å². The Morgan fingerprint density at radius 2 is 0.677 bits per heavy atom. The monoisotopic (exact) mass is 512 g/mol. The fourth-order valence-electron chi connectivity index (χ4n) is 1.35. The number of halogens is 18. The van der Waals surface area contributed by atoms with E-state index in [1.165, 1.54) is 0 Å². The Labute approximate surface area is 158 Å². The first kappa shape index (κ1) is 29.7. The number of hydrogen-bond donors (Lipinski definition) is 0. The van der Waals surface area contributed by atoms with Crippen LogP contribution >= 0.6 is 0 Å². The van der Waals surface area contributed by atoms with Gasteiger partial charge in [0.1, 0.15) is 13.2 Å². The molecule has 0 rings (SSSR count). The van der Waals surface area contributed by atoms with Crippen LogP contribution in [0.4, 0.5) is 79.0 Å². The summed E-state index contributed by atoms with van der Waals surface area (Å²) in [5.74, 6) is -20.5. The Morgan fingerprint density at radius 3 is 0.871 bits per heavy atom. The van der Waals surface area contributed by atoms with Gasteiger partial charge in [0.05, 0.1) is 0 Å². The molecule has 0 aromatic carbocycles. The van der Waals surface area contributed by atoms with Crippen molar-refractivity contribution in [1.29, 1.82) is 0 Å². The lowest BCUT2D eigenvalue weighted by Crippen LogP contribution is -2.60. The van der Waals surface area contributed by atoms with Crippen LogP contribution in [0.2, 0.25) is 0 Å². The quantitative estimate of drug-likeness (QED) is 0.339. The zero-order chi connectivity index (χ0) is 25.5. The van der Waals surface area contributed by atoms with Crippen molar-refractivity contribution in [2.24, 2.45) is 0 Å². The molecule has 0 radical (unpaired) electrons. The molecule has 0 fully saturated rings. The van der Waals surface area contributed by atoms with E-state index in [0.29, 0.717) is 0 Å². The molecule has 2 atom stereocenters. The zero-order valence-electron chi connectivity index (χ0n) is 13.7. The van der Waals surface area contributed by atoms with Crippen molar-refractivity contribution in [3.05, 3.63) is 0 Å². The summed E-state index contributed by atoms with van der Waals surface area (Å²) in [6, 6.07) is 0. The van der Waals surface area contributed by atoms with Crippen LogP contribution in [0.5, 0.6) is 0 Å². The van der Waals surface area contributed by atoms with E-state index < -0.39 is 67.9 Å². The normalized spacial score (nSPS) is 17.6. The Balaban J connectivity index is 5.47. The third kappa shape index (κ3) is 6.82. The van der Waals surface area contributed by atoms with Crippen LogP contribution < -0.4 is 0 Å². The van der Waals surface area contributed by atoms with Gasteiger partial charge in [-0.2, -0.15) is 70.2 Å². The Hall–Kier alpha value is -1.34. The maximum absolute atomic E-state index is 13.2. The van der Waals surface area contributed by atoms with Gasteiger partial charge in [0.2, 0.25) is 0 Å². The van der Waals surface area contributed by atoms with E-state index in [9.17, 15) is 79.0 Å². The van der Waals surface area contributed by atoms with E-state index in [2.05, 4.69) is 9.47 Å². The number of hydrogen-bond acceptors (Lipinski definition) is 2. The van der Waals surface area contributed by atoms with E-state index in [1.807, 2.05) is 0 Å². The molecular formula is C11H6F18O2. The molecule has 0 aromatic rings. The first-order valence-corrected chi connectivity index (χ1v) is 6.81. The van der Waals surface area contributed by atoms with Crippen molar-refractivity contribution in [3.63, 3.8) is 0 Å². The molecule has 31 heavy (non-hydrogen) atoms. The predicted molar refractivity (Wildman–Crippen MR) is 58.5 cm³/mol. The van der Waals surface area contributed by atoms with Gasteiger partial charge in [0, 0.05) is 0 Å². The van der Waals surface area contributed by atoms with Crippen molar-refractivity contribution < 1.29 is 88.5 Å². The highest BCUT2D eigenvalue weighted by molar-refractivity contribution is 4.97. The fraction of sp³-hybridized carbons (Fsp3) is 1.00. The predicted octanol–water partition coefficient (Wildman–Crippen LogP) is 5.91. The smallest absolute Gasteiger partial charge is 0.311 e. The third-order valence-electron chi connectivity index (χ3n) is 2.98. The van der Waals surface area contributed by atoms with E-state index >= 15 is 0 Å². The molecule has 0 saturated heterocycles. The average molecular weight is 512 g/mol. The largest absolute Gasteiger partial charge is 0.428 e. The standard InChI is InChI=1S/C11H6F18O2/c12-3(7(18,19)20)9(24,25)30-1-5(14,15)11(28,29)6(16,17)2-31-10(26,27)4(13)8(21,22)23/h3-4H,1-2H2. The van der Waals surface area contributed by atoms with Gasteiger partial charge in [-0.3, -0.25) is 0 Å². The van der Waals surface area contributed by atoms with Crippen LogP contribution in [0, 0.1) is 0 Å². The molecule has 0 spiro atoms. The van der Waals surface area contributed by atoms with Crippen LogP contribution in [-0.2, 0) is 9.47 Å². The van der Waals surface area contributed by atoms with Gasteiger partial charge < -0.3 is 9.47 Å². The fourth-order valence-corrected chi connectivity index (χ4v) is 1.35. The summed E-state index contributed by atoms with van der Waals surface area (Å²) < 4.78 is 230. The topological polar surface area (TPSA) is 18.5 Å². The molecule has 188 valence electrons. The van der Waals surface area contributed by atoms with Crippen LogP contribution in [0.1, 0.15) is 0 Å². The summed E-state index contributed by atoms with van der Waals surface area (Å²) >= 11 is 0. The van der Waals surface area contributed by atoms with Gasteiger partial charge in [-0.25, -0.2) is 8.78 Å². The van der Waals surface area contributed by atoms with Gasteiger partial charge in [-0.15, -0.1) is 0 Å². The highest BCUT2D eigenvalue weighted by atomic mass is 19.4. The van der Waals surface area contributed by atoms with Crippen LogP contribution in [-0.4, -0.2) is 67.9 Å². The number of ether oxygens (including phenoxy) is 2. The Bertz CT molecular complexity index is 542. The minimum Gasteiger partial charge on any atom is -0.311 e. The summed E-state index contributed by atoms with van der Waals surface area (Å²) in [7, 11) is 0. The highest BCUT2D eigenvalue weighted by Crippen LogP contribution is 2.48. The maximum Gasteiger partial charge on any atom is 0.428 e. The molecule has 0 heterocycles. The average Bonchev–Trinajstić information content (AvgIpc) is 2.55. The van der Waals surface area contributed by atoms with Gasteiger partial charge in [0.25, 0.3) is 12.3 Å². The second kappa shape index (κ2) is 8.54. The lowest BCUT2D eigenvalue weighted by molar-refractivity contribution is -0.389. The van der Waals surface area contributed by atoms with Crippen molar-refractivity contribution >= 4 is 0 Å². The van der Waals surface area contributed by atoms with E-state index in [1.54, 1.807) is 0 Å². The lowest BCUT2D eigenvalue weighted by atomic mass is 10.1. The molecule has 0 bridgehead atoms. The van der Waals surface area contributed by atoms with E-state index in [4.69, 9.17) is 0 Å². The number of rotatable bonds is 10. The molecule has 0 N–H and O–H groups in total. The van der Waals surface area contributed by atoms with Crippen LogP contribution in [0.25, 0.3) is 0 Å². The van der Waals surface area contributed by atoms with Crippen molar-refractivity contribution in [2.75, 3.05) is 13.2 Å². The number of alkyl halides is 18. The molecule has 0 aliphatic heterocycles. The summed E-state index contributed by atoms with van der Waals surface area (Å²) in [5.41, 5.74) is 0. The zero-order valence-corrected chi connectivity index (χ0v) is 13.7. The summed E-state index contributed by atoms with van der Waals surface area (Å²) in [5, 5.41) is 0. The second-order valence-electron chi connectivity index (χ2n) is 5.49. The first-order valence-electron chi connectivity index (χ1n) is 6.81. The van der Waals surface area contributed by atoms with E-state index in [-0.39, 0.29) is 0 Å². The van der Waals surface area contributed by atoms with Gasteiger partial charge in [-0.05, 0) is 0 Å². The van der Waals surface area contributed by atoms with Crippen molar-refractivity contribution in [2.45, 2.75) is 54.7 Å². The maximum atomic E-state index is 13.2. The van der Waals surface area contributed by atoms with E-state index in [0.717, 1.165) is 0 Å². The molecule has 0 amide bonds. The minimum atomic E-state index is -7.12. The molecule has 2 nitrogen and oxygen atoms in total. The summed E-state index contributed by atoms with van der Waals surface area (Å²) in [6.45, 7) is -7.52. The van der Waals surface area contributed by atoms with Crippen molar-refractivity contribution in [3.8, 4) is 0 Å². The van der Waals surface area contributed by atoms with Gasteiger partial charge >= 0.3 is 42.3 Å². The highest BCUT2D eigenvalue weighted by Gasteiger charge is 2.73. The SMILES string of the molecule is FC(C(F)(F)F)C(F)(F)OCC(F)(F)C(F)(F)C(F)(F)COC(F)(F)C(F)C(F)(F)F. The van der Waals surface area contributed by atoms with Crippen molar-refractivity contribution in [1.82, 2.24) is 0 Å².